The molecule has 0 bridgehead atoms. The fraction of sp³-hybridized carbons (Fsp3) is 0.583. The standard InChI is InChI=1S/C24H34O6/c1-16(2)7-12-20(26)21(22(27)29-5)18-10-8-17(9-11-18)15-19(25)13-14-24(3,4)23(28)30-6/h8-11,16,21H,7,12-15H2,1-6H3/t21-/m0/s1. The summed E-state index contributed by atoms with van der Waals surface area (Å²) in [4.78, 5) is 48.8. The van der Waals surface area contributed by atoms with Crippen LogP contribution in [0, 0.1) is 11.3 Å². The maximum Gasteiger partial charge on any atom is 0.320 e. The molecule has 1 aromatic carbocycles. The summed E-state index contributed by atoms with van der Waals surface area (Å²) in [5.74, 6) is -1.64. The molecule has 0 fully saturated rings. The van der Waals surface area contributed by atoms with Gasteiger partial charge in [-0.05, 0) is 43.7 Å². The molecule has 0 aliphatic carbocycles. The Morgan fingerprint density at radius 2 is 1.53 bits per heavy atom. The third kappa shape index (κ3) is 7.73. The van der Waals surface area contributed by atoms with E-state index < -0.39 is 17.3 Å². The summed E-state index contributed by atoms with van der Waals surface area (Å²) in [7, 11) is 2.61. The molecular weight excluding hydrogens is 384 g/mol. The molecule has 0 N–H and O–H groups in total. The molecular formula is C24H34O6. The third-order valence-electron chi connectivity index (χ3n) is 5.21. The fourth-order valence-corrected chi connectivity index (χ4v) is 3.12. The van der Waals surface area contributed by atoms with Crippen molar-refractivity contribution in [1.82, 2.24) is 0 Å². The number of esters is 2. The number of ether oxygens (including phenoxy) is 2. The van der Waals surface area contributed by atoms with E-state index in [0.29, 0.717) is 30.7 Å². The Bertz CT molecular complexity index is 745. The van der Waals surface area contributed by atoms with Gasteiger partial charge in [-0.15, -0.1) is 0 Å². The zero-order valence-corrected chi connectivity index (χ0v) is 18.9. The number of benzene rings is 1. The Hall–Kier alpha value is -2.50. The molecule has 6 heteroatoms. The van der Waals surface area contributed by atoms with Crippen LogP contribution in [0.5, 0.6) is 0 Å². The van der Waals surface area contributed by atoms with E-state index in [4.69, 9.17) is 9.47 Å². The summed E-state index contributed by atoms with van der Waals surface area (Å²) < 4.78 is 9.59. The molecule has 166 valence electrons. The molecule has 1 rings (SSSR count). The van der Waals surface area contributed by atoms with Gasteiger partial charge in [0.15, 0.2) is 5.78 Å². The van der Waals surface area contributed by atoms with Crippen LogP contribution in [0.1, 0.15) is 70.4 Å². The monoisotopic (exact) mass is 418 g/mol. The first kappa shape index (κ1) is 25.5. The second-order valence-corrected chi connectivity index (χ2v) is 8.69. The average Bonchev–Trinajstić information content (AvgIpc) is 2.71. The van der Waals surface area contributed by atoms with Crippen molar-refractivity contribution in [2.45, 2.75) is 65.7 Å². The van der Waals surface area contributed by atoms with Crippen LogP contribution in [-0.2, 0) is 35.1 Å². The van der Waals surface area contributed by atoms with Crippen LogP contribution < -0.4 is 0 Å². The van der Waals surface area contributed by atoms with Gasteiger partial charge in [-0.2, -0.15) is 0 Å². The van der Waals surface area contributed by atoms with Gasteiger partial charge in [-0.1, -0.05) is 38.1 Å². The minimum atomic E-state index is -0.945. The Kier molecular flexibility index (Phi) is 9.90. The second-order valence-electron chi connectivity index (χ2n) is 8.69. The Balaban J connectivity index is 2.80. The van der Waals surface area contributed by atoms with Crippen LogP contribution in [0.25, 0.3) is 0 Å². The molecule has 0 aromatic heterocycles. The molecule has 6 nitrogen and oxygen atoms in total. The highest BCUT2D eigenvalue weighted by molar-refractivity contribution is 6.04. The van der Waals surface area contributed by atoms with Gasteiger partial charge in [0, 0.05) is 19.3 Å². The van der Waals surface area contributed by atoms with E-state index in [1.807, 2.05) is 13.8 Å². The molecule has 1 aromatic rings. The highest BCUT2D eigenvalue weighted by Gasteiger charge is 2.30. The zero-order chi connectivity index (χ0) is 22.9. The van der Waals surface area contributed by atoms with Gasteiger partial charge in [-0.25, -0.2) is 0 Å². The zero-order valence-electron chi connectivity index (χ0n) is 18.9. The predicted octanol–water partition coefficient (Wildman–Crippen LogP) is 4.04. The molecule has 0 saturated heterocycles. The number of hydrogen-bond acceptors (Lipinski definition) is 6. The summed E-state index contributed by atoms with van der Waals surface area (Å²) >= 11 is 0. The Morgan fingerprint density at radius 1 is 0.933 bits per heavy atom. The van der Waals surface area contributed by atoms with Crippen molar-refractivity contribution in [3.05, 3.63) is 35.4 Å². The van der Waals surface area contributed by atoms with Crippen molar-refractivity contribution in [2.75, 3.05) is 14.2 Å². The molecule has 0 aliphatic rings. The van der Waals surface area contributed by atoms with Crippen LogP contribution in [0.2, 0.25) is 0 Å². The SMILES string of the molecule is COC(=O)[C@H](C(=O)CCC(C)C)c1ccc(CC(=O)CCC(C)(C)C(=O)OC)cc1. The largest absolute Gasteiger partial charge is 0.469 e. The highest BCUT2D eigenvalue weighted by atomic mass is 16.5. The predicted molar refractivity (Wildman–Crippen MR) is 114 cm³/mol. The minimum Gasteiger partial charge on any atom is -0.469 e. The van der Waals surface area contributed by atoms with Crippen molar-refractivity contribution in [2.24, 2.45) is 11.3 Å². The van der Waals surface area contributed by atoms with Crippen LogP contribution >= 0.6 is 0 Å². The number of rotatable bonds is 12. The summed E-state index contributed by atoms with van der Waals surface area (Å²) in [5, 5.41) is 0. The molecule has 0 radical (unpaired) electrons. The third-order valence-corrected chi connectivity index (χ3v) is 5.21. The first-order valence-corrected chi connectivity index (χ1v) is 10.3. The van der Waals surface area contributed by atoms with Gasteiger partial charge in [0.05, 0.1) is 19.6 Å². The number of carbonyl (C=O) groups excluding carboxylic acids is 4. The lowest BCUT2D eigenvalue weighted by Crippen LogP contribution is -2.26. The molecule has 30 heavy (non-hydrogen) atoms. The van der Waals surface area contributed by atoms with Crippen molar-refractivity contribution < 1.29 is 28.7 Å². The van der Waals surface area contributed by atoms with E-state index in [2.05, 4.69) is 0 Å². The van der Waals surface area contributed by atoms with Crippen LogP contribution in [0.4, 0.5) is 0 Å². The summed E-state index contributed by atoms with van der Waals surface area (Å²) in [6.45, 7) is 7.56. The van der Waals surface area contributed by atoms with E-state index in [1.54, 1.807) is 38.1 Å². The Morgan fingerprint density at radius 3 is 2.03 bits per heavy atom. The first-order valence-electron chi connectivity index (χ1n) is 10.3. The van der Waals surface area contributed by atoms with Crippen molar-refractivity contribution >= 4 is 23.5 Å². The highest BCUT2D eigenvalue weighted by Crippen LogP contribution is 2.25. The van der Waals surface area contributed by atoms with Crippen molar-refractivity contribution in [1.29, 1.82) is 0 Å². The van der Waals surface area contributed by atoms with Gasteiger partial charge >= 0.3 is 11.9 Å². The van der Waals surface area contributed by atoms with E-state index in [9.17, 15) is 19.2 Å². The lowest BCUT2D eigenvalue weighted by molar-refractivity contribution is -0.151. The van der Waals surface area contributed by atoms with Crippen molar-refractivity contribution in [3.8, 4) is 0 Å². The smallest absolute Gasteiger partial charge is 0.320 e. The van der Waals surface area contributed by atoms with Crippen molar-refractivity contribution in [3.63, 3.8) is 0 Å². The van der Waals surface area contributed by atoms with Gasteiger partial charge in [-0.3, -0.25) is 19.2 Å². The number of carbonyl (C=O) groups is 4. The lowest BCUT2D eigenvalue weighted by Gasteiger charge is -2.20. The molecule has 0 spiro atoms. The number of methoxy groups -OCH3 is 2. The lowest BCUT2D eigenvalue weighted by atomic mass is 9.86. The topological polar surface area (TPSA) is 86.7 Å². The quantitative estimate of drug-likeness (QED) is 0.376. The summed E-state index contributed by atoms with van der Waals surface area (Å²) in [5.41, 5.74) is 0.648. The van der Waals surface area contributed by atoms with Crippen LogP contribution in [0.15, 0.2) is 24.3 Å². The fourth-order valence-electron chi connectivity index (χ4n) is 3.12. The number of Topliss-reactive ketones (excluding diaryl/α,β-unsaturated/α-hetero) is 2. The van der Waals surface area contributed by atoms with Gasteiger partial charge in [0.2, 0.25) is 0 Å². The van der Waals surface area contributed by atoms with E-state index in [-0.39, 0.29) is 30.4 Å². The van der Waals surface area contributed by atoms with Gasteiger partial charge in [0.1, 0.15) is 11.7 Å². The van der Waals surface area contributed by atoms with E-state index in [0.717, 1.165) is 5.56 Å². The Labute approximate surface area is 179 Å². The normalized spacial score (nSPS) is 12.4. The molecule has 0 aliphatic heterocycles. The van der Waals surface area contributed by atoms with E-state index >= 15 is 0 Å². The summed E-state index contributed by atoms with van der Waals surface area (Å²) in [6, 6.07) is 6.92. The number of ketones is 2. The molecule has 0 heterocycles. The van der Waals surface area contributed by atoms with E-state index in [1.165, 1.54) is 14.2 Å². The maximum atomic E-state index is 12.6. The minimum absolute atomic E-state index is 0.0113. The van der Waals surface area contributed by atoms with Crippen LogP contribution in [0.3, 0.4) is 0 Å². The molecule has 0 amide bonds. The number of hydrogen-bond donors (Lipinski definition) is 0. The first-order chi connectivity index (χ1) is 14.0. The molecule has 1 atom stereocenters. The molecule has 0 saturated carbocycles. The average molecular weight is 419 g/mol. The summed E-state index contributed by atoms with van der Waals surface area (Å²) in [6.07, 6.45) is 1.92. The maximum absolute atomic E-state index is 12.6. The second kappa shape index (κ2) is 11.6. The van der Waals surface area contributed by atoms with Crippen LogP contribution in [-0.4, -0.2) is 37.7 Å². The molecule has 0 unspecified atom stereocenters. The van der Waals surface area contributed by atoms with Gasteiger partial charge < -0.3 is 9.47 Å². The van der Waals surface area contributed by atoms with Gasteiger partial charge in [0.25, 0.3) is 0 Å².